The van der Waals surface area contributed by atoms with E-state index in [4.69, 9.17) is 5.11 Å². The molecule has 0 amide bonds. The molecule has 25 heavy (non-hydrogen) atoms. The van der Waals surface area contributed by atoms with E-state index in [-0.39, 0.29) is 0 Å². The summed E-state index contributed by atoms with van der Waals surface area (Å²) >= 11 is 0. The van der Waals surface area contributed by atoms with E-state index in [0.29, 0.717) is 5.75 Å². The van der Waals surface area contributed by atoms with Crippen LogP contribution < -0.4 is 0 Å². The summed E-state index contributed by atoms with van der Waals surface area (Å²) in [4.78, 5) is 0. The fraction of sp³-hybridized carbons (Fsp3) is 0. The van der Waals surface area contributed by atoms with Crippen molar-refractivity contribution in [3.63, 3.8) is 0 Å². The molecule has 1 nitrogen and oxygen atoms in total. The average molecular weight is 326 g/mol. The van der Waals surface area contributed by atoms with Crippen LogP contribution in [0.4, 0.5) is 0 Å². The van der Waals surface area contributed by atoms with Crippen LogP contribution in [-0.2, 0) is 0 Å². The zero-order chi connectivity index (χ0) is 17.9. The van der Waals surface area contributed by atoms with Crippen LogP contribution in [0, 0.1) is 0 Å². The number of phenolic OH excluding ortho intramolecular Hbond substituents is 1. The molecule has 0 radical (unpaired) electrons. The normalized spacial score (nSPS) is 9.92. The minimum Gasteiger partial charge on any atom is -0.508 e. The summed E-state index contributed by atoms with van der Waals surface area (Å²) in [6.45, 7) is 7.32. The van der Waals surface area contributed by atoms with Gasteiger partial charge in [-0.25, -0.2) is 0 Å². The molecule has 0 aromatic heterocycles. The van der Waals surface area contributed by atoms with Crippen molar-refractivity contribution in [2.75, 3.05) is 0 Å². The molecule has 0 aliphatic carbocycles. The van der Waals surface area contributed by atoms with E-state index in [0.717, 1.165) is 16.7 Å². The van der Waals surface area contributed by atoms with Gasteiger partial charge in [-0.05, 0) is 34.4 Å². The predicted octanol–water partition coefficient (Wildman–Crippen LogP) is 6.54. The molecule has 1 N–H and O–H groups in total. The molecule has 0 saturated heterocycles. The molecule has 3 aromatic rings. The first-order chi connectivity index (χ1) is 12.2. The molecule has 0 aliphatic rings. The highest BCUT2D eigenvalue weighted by Crippen LogP contribution is 2.12. The SMILES string of the molecule is C=Cc1ccc(C=C)cc1.Oc1ccc(C=Cc2ccccc2)cc1. The number of aromatic hydroxyl groups is 1. The monoisotopic (exact) mass is 326 g/mol. The zero-order valence-electron chi connectivity index (χ0n) is 14.2. The van der Waals surface area contributed by atoms with E-state index >= 15 is 0 Å². The molecule has 124 valence electrons. The molecular formula is C24H22O. The standard InChI is InChI=1S/C14H12O.C10H10/c15-14-10-8-13(9-11-14)7-6-12-4-2-1-3-5-12;1-3-9-5-7-10(4-2)8-6-9/h1-11,15H;3-8H,1-2H2. The van der Waals surface area contributed by atoms with Crippen molar-refractivity contribution in [2.45, 2.75) is 0 Å². The second-order valence-corrected chi connectivity index (χ2v) is 5.41. The topological polar surface area (TPSA) is 20.2 Å². The quantitative estimate of drug-likeness (QED) is 0.540. The first-order valence-electron chi connectivity index (χ1n) is 8.08. The van der Waals surface area contributed by atoms with Gasteiger partial charge in [0.25, 0.3) is 0 Å². The first-order valence-corrected chi connectivity index (χ1v) is 8.08. The molecule has 1 heteroatoms. The highest BCUT2D eigenvalue weighted by molar-refractivity contribution is 5.69. The number of hydrogen-bond donors (Lipinski definition) is 1. The summed E-state index contributed by atoms with van der Waals surface area (Å²) in [5, 5.41) is 9.12. The predicted molar refractivity (Wildman–Crippen MR) is 110 cm³/mol. The Morgan fingerprint density at radius 3 is 1.36 bits per heavy atom. The maximum Gasteiger partial charge on any atom is 0.115 e. The van der Waals surface area contributed by atoms with Crippen LogP contribution in [0.5, 0.6) is 5.75 Å². The van der Waals surface area contributed by atoms with E-state index in [1.54, 1.807) is 12.1 Å². The van der Waals surface area contributed by atoms with Crippen molar-refractivity contribution in [3.05, 3.63) is 114 Å². The van der Waals surface area contributed by atoms with Crippen LogP contribution in [0.3, 0.4) is 0 Å². The van der Waals surface area contributed by atoms with E-state index in [1.165, 1.54) is 5.56 Å². The molecule has 0 aliphatic heterocycles. The number of rotatable bonds is 4. The van der Waals surface area contributed by atoms with Gasteiger partial charge in [-0.1, -0.05) is 104 Å². The average Bonchev–Trinajstić information content (AvgIpc) is 2.69. The lowest BCUT2D eigenvalue weighted by Gasteiger charge is -1.94. The largest absolute Gasteiger partial charge is 0.508 e. The Labute approximate surface area is 149 Å². The van der Waals surface area contributed by atoms with Gasteiger partial charge in [-0.3, -0.25) is 0 Å². The molecule has 0 saturated carbocycles. The Morgan fingerprint density at radius 2 is 0.920 bits per heavy atom. The Hall–Kier alpha value is -3.32. The molecule has 0 spiro atoms. The smallest absolute Gasteiger partial charge is 0.115 e. The Bertz CT molecular complexity index is 783. The van der Waals surface area contributed by atoms with Crippen LogP contribution in [0.1, 0.15) is 22.3 Å². The van der Waals surface area contributed by atoms with Crippen LogP contribution in [0.2, 0.25) is 0 Å². The first kappa shape index (κ1) is 18.0. The molecule has 3 rings (SSSR count). The Morgan fingerprint density at radius 1 is 0.520 bits per heavy atom. The zero-order valence-corrected chi connectivity index (χ0v) is 14.2. The highest BCUT2D eigenvalue weighted by Gasteiger charge is 1.88. The van der Waals surface area contributed by atoms with Gasteiger partial charge in [-0.2, -0.15) is 0 Å². The Balaban J connectivity index is 0.000000196. The van der Waals surface area contributed by atoms with Crippen molar-refractivity contribution in [1.82, 2.24) is 0 Å². The maximum atomic E-state index is 9.12. The number of hydrogen-bond acceptors (Lipinski definition) is 1. The van der Waals surface area contributed by atoms with Gasteiger partial charge >= 0.3 is 0 Å². The van der Waals surface area contributed by atoms with Crippen molar-refractivity contribution in [1.29, 1.82) is 0 Å². The van der Waals surface area contributed by atoms with Crippen molar-refractivity contribution in [2.24, 2.45) is 0 Å². The van der Waals surface area contributed by atoms with Crippen LogP contribution in [-0.4, -0.2) is 5.11 Å². The van der Waals surface area contributed by atoms with Crippen molar-refractivity contribution >= 4 is 24.3 Å². The van der Waals surface area contributed by atoms with Gasteiger partial charge in [-0.15, -0.1) is 0 Å². The molecule has 3 aromatic carbocycles. The van der Waals surface area contributed by atoms with Crippen molar-refractivity contribution < 1.29 is 5.11 Å². The number of phenols is 1. The summed E-state index contributed by atoms with van der Waals surface area (Å²) in [7, 11) is 0. The summed E-state index contributed by atoms with van der Waals surface area (Å²) in [6.07, 6.45) is 7.72. The maximum absolute atomic E-state index is 9.12. The minimum atomic E-state index is 0.298. The Kier molecular flexibility index (Phi) is 7.02. The third-order valence-corrected chi connectivity index (χ3v) is 3.57. The van der Waals surface area contributed by atoms with E-state index in [2.05, 4.69) is 25.3 Å². The van der Waals surface area contributed by atoms with Gasteiger partial charge in [0.2, 0.25) is 0 Å². The lowest BCUT2D eigenvalue weighted by atomic mass is 10.1. The molecule has 0 fully saturated rings. The molecule has 0 bridgehead atoms. The van der Waals surface area contributed by atoms with Gasteiger partial charge in [0, 0.05) is 0 Å². The third kappa shape index (κ3) is 6.36. The van der Waals surface area contributed by atoms with Crippen LogP contribution >= 0.6 is 0 Å². The summed E-state index contributed by atoms with van der Waals surface area (Å²) in [5.41, 5.74) is 4.54. The highest BCUT2D eigenvalue weighted by atomic mass is 16.3. The fourth-order valence-corrected chi connectivity index (χ4v) is 2.11. The summed E-state index contributed by atoms with van der Waals surface area (Å²) in [5.74, 6) is 0.298. The van der Waals surface area contributed by atoms with E-state index in [9.17, 15) is 0 Å². The molecule has 0 atom stereocenters. The summed E-state index contributed by atoms with van der Waals surface area (Å²) in [6, 6.07) is 25.3. The van der Waals surface area contributed by atoms with Crippen molar-refractivity contribution in [3.8, 4) is 5.75 Å². The van der Waals surface area contributed by atoms with Gasteiger partial charge in [0.15, 0.2) is 0 Å². The van der Waals surface area contributed by atoms with Crippen LogP contribution in [0.25, 0.3) is 24.3 Å². The van der Waals surface area contributed by atoms with E-state index in [1.807, 2.05) is 78.9 Å². The second-order valence-electron chi connectivity index (χ2n) is 5.41. The second kappa shape index (κ2) is 9.74. The molecule has 0 heterocycles. The molecular weight excluding hydrogens is 304 g/mol. The lowest BCUT2D eigenvalue weighted by molar-refractivity contribution is 0.475. The lowest BCUT2D eigenvalue weighted by Crippen LogP contribution is -1.71. The third-order valence-electron chi connectivity index (χ3n) is 3.57. The number of benzene rings is 3. The van der Waals surface area contributed by atoms with Gasteiger partial charge in [0.05, 0.1) is 0 Å². The fourth-order valence-electron chi connectivity index (χ4n) is 2.11. The van der Waals surface area contributed by atoms with Gasteiger partial charge < -0.3 is 5.11 Å². The van der Waals surface area contributed by atoms with E-state index < -0.39 is 0 Å². The summed E-state index contributed by atoms with van der Waals surface area (Å²) < 4.78 is 0. The molecule has 0 unspecified atom stereocenters. The van der Waals surface area contributed by atoms with Crippen LogP contribution in [0.15, 0.2) is 92.0 Å². The minimum absolute atomic E-state index is 0.298. The van der Waals surface area contributed by atoms with Gasteiger partial charge in [0.1, 0.15) is 5.75 Å².